The monoisotopic (exact) mass is 335 g/mol. The minimum atomic E-state index is -0.447. The van der Waals surface area contributed by atoms with Crippen LogP contribution in [0.2, 0.25) is 0 Å². The fourth-order valence-electron chi connectivity index (χ4n) is 2.74. The Kier molecular flexibility index (Phi) is 4.71. The Balaban J connectivity index is 1.97. The molecule has 0 radical (unpaired) electrons. The fraction of sp³-hybridized carbons (Fsp3) is 0.200. The van der Waals surface area contributed by atoms with Crippen molar-refractivity contribution in [1.29, 1.82) is 5.26 Å². The number of carbonyl (C=O) groups excluding carboxylic acids is 1. The molecule has 5 nitrogen and oxygen atoms in total. The molecule has 0 bridgehead atoms. The predicted molar refractivity (Wildman–Crippen MR) is 92.4 cm³/mol. The molecule has 0 aliphatic carbocycles. The summed E-state index contributed by atoms with van der Waals surface area (Å²) in [4.78, 5) is 12.4. The summed E-state index contributed by atoms with van der Waals surface area (Å²) in [7, 11) is 0. The number of nitrogens with zero attached hydrogens (tertiary/aromatic N) is 1. The minimum absolute atomic E-state index is 0.212. The quantitative estimate of drug-likeness (QED) is 0.713. The lowest BCUT2D eigenvalue weighted by molar-refractivity contribution is 0.0526. The Morgan fingerprint density at radius 2 is 1.96 bits per heavy atom. The number of esters is 1. The van der Waals surface area contributed by atoms with E-state index in [2.05, 4.69) is 6.07 Å². The lowest BCUT2D eigenvalue weighted by Gasteiger charge is -2.04. The van der Waals surface area contributed by atoms with Crippen LogP contribution in [-0.4, -0.2) is 17.7 Å². The third kappa shape index (κ3) is 3.48. The lowest BCUT2D eigenvalue weighted by Crippen LogP contribution is -2.07. The van der Waals surface area contributed by atoms with Crippen LogP contribution >= 0.6 is 0 Å². The summed E-state index contributed by atoms with van der Waals surface area (Å²) in [6, 6.07) is 14.0. The third-order valence-electron chi connectivity index (χ3n) is 3.95. The van der Waals surface area contributed by atoms with Crippen molar-refractivity contribution in [2.75, 3.05) is 6.61 Å². The van der Waals surface area contributed by atoms with Gasteiger partial charge in [-0.1, -0.05) is 12.1 Å². The van der Waals surface area contributed by atoms with Gasteiger partial charge in [-0.3, -0.25) is 0 Å². The van der Waals surface area contributed by atoms with Gasteiger partial charge in [0.05, 0.1) is 18.2 Å². The van der Waals surface area contributed by atoms with Crippen LogP contribution in [0.3, 0.4) is 0 Å². The summed E-state index contributed by atoms with van der Waals surface area (Å²) < 4.78 is 11.0. The van der Waals surface area contributed by atoms with Crippen LogP contribution in [0.5, 0.6) is 5.75 Å². The molecule has 3 aromatic rings. The highest BCUT2D eigenvalue weighted by atomic mass is 16.5. The molecule has 2 aromatic carbocycles. The molecule has 0 aliphatic rings. The van der Waals surface area contributed by atoms with Gasteiger partial charge < -0.3 is 14.3 Å². The first-order chi connectivity index (χ1) is 12.1. The zero-order valence-corrected chi connectivity index (χ0v) is 13.8. The number of benzene rings is 2. The number of aryl methyl sites for hydroxylation is 2. The molecule has 0 unspecified atom stereocenters. The molecule has 0 atom stereocenters. The van der Waals surface area contributed by atoms with Crippen LogP contribution in [0.25, 0.3) is 11.0 Å². The van der Waals surface area contributed by atoms with Crippen molar-refractivity contribution in [3.05, 3.63) is 64.9 Å². The second-order valence-corrected chi connectivity index (χ2v) is 5.61. The SMILES string of the molecule is CCOC(=O)c1c(CCc2ccc(O)cc2)oc2ccc(C#N)cc12. The van der Waals surface area contributed by atoms with E-state index in [1.165, 1.54) is 0 Å². The van der Waals surface area contributed by atoms with Gasteiger partial charge >= 0.3 is 5.97 Å². The number of carbonyl (C=O) groups is 1. The van der Waals surface area contributed by atoms with Gasteiger partial charge in [0, 0.05) is 11.8 Å². The van der Waals surface area contributed by atoms with Crippen LogP contribution < -0.4 is 0 Å². The molecular formula is C20H17NO4. The van der Waals surface area contributed by atoms with Crippen LogP contribution in [0, 0.1) is 11.3 Å². The van der Waals surface area contributed by atoms with Crippen molar-refractivity contribution < 1.29 is 19.1 Å². The highest BCUT2D eigenvalue weighted by Crippen LogP contribution is 2.29. The third-order valence-corrected chi connectivity index (χ3v) is 3.95. The maximum absolute atomic E-state index is 12.4. The fourth-order valence-corrected chi connectivity index (χ4v) is 2.74. The van der Waals surface area contributed by atoms with E-state index in [9.17, 15) is 9.90 Å². The van der Waals surface area contributed by atoms with E-state index in [1.807, 2.05) is 12.1 Å². The largest absolute Gasteiger partial charge is 0.508 e. The van der Waals surface area contributed by atoms with E-state index in [0.29, 0.717) is 40.7 Å². The molecule has 5 heteroatoms. The van der Waals surface area contributed by atoms with Crippen molar-refractivity contribution >= 4 is 16.9 Å². The first-order valence-corrected chi connectivity index (χ1v) is 8.03. The standard InChI is InChI=1S/C20H17NO4/c1-2-24-20(23)19-16-11-14(12-21)6-9-17(16)25-18(19)10-5-13-3-7-15(22)8-4-13/h3-4,6-9,11,22H,2,5,10H2,1H3. The molecule has 0 spiro atoms. The zero-order chi connectivity index (χ0) is 17.8. The summed E-state index contributed by atoms with van der Waals surface area (Å²) in [6.45, 7) is 2.01. The Hall–Kier alpha value is -3.26. The number of aromatic hydroxyl groups is 1. The van der Waals surface area contributed by atoms with Crippen molar-refractivity contribution in [2.45, 2.75) is 19.8 Å². The number of rotatable bonds is 5. The molecule has 3 rings (SSSR count). The first-order valence-electron chi connectivity index (χ1n) is 8.03. The molecule has 0 aliphatic heterocycles. The highest BCUT2D eigenvalue weighted by molar-refractivity contribution is 6.04. The maximum Gasteiger partial charge on any atom is 0.342 e. The first kappa shape index (κ1) is 16.6. The number of phenolic OH excluding ortho intramolecular Hbond substituents is 1. The Labute approximate surface area is 145 Å². The van der Waals surface area contributed by atoms with Gasteiger partial charge in [0.25, 0.3) is 0 Å². The summed E-state index contributed by atoms with van der Waals surface area (Å²) in [5.41, 5.74) is 2.42. The van der Waals surface area contributed by atoms with E-state index in [-0.39, 0.29) is 12.4 Å². The van der Waals surface area contributed by atoms with Gasteiger partial charge in [-0.05, 0) is 49.2 Å². The van der Waals surface area contributed by atoms with Crippen molar-refractivity contribution in [3.8, 4) is 11.8 Å². The van der Waals surface area contributed by atoms with E-state index in [1.54, 1.807) is 37.3 Å². The van der Waals surface area contributed by atoms with Crippen molar-refractivity contribution in [1.82, 2.24) is 0 Å². The van der Waals surface area contributed by atoms with Crippen molar-refractivity contribution in [3.63, 3.8) is 0 Å². The van der Waals surface area contributed by atoms with Gasteiger partial charge in [0.2, 0.25) is 0 Å². The Morgan fingerprint density at radius 1 is 1.20 bits per heavy atom. The molecule has 25 heavy (non-hydrogen) atoms. The maximum atomic E-state index is 12.4. The Bertz CT molecular complexity index is 948. The van der Waals surface area contributed by atoms with Gasteiger partial charge in [-0.15, -0.1) is 0 Å². The van der Waals surface area contributed by atoms with Crippen LogP contribution in [-0.2, 0) is 17.6 Å². The van der Waals surface area contributed by atoms with E-state index >= 15 is 0 Å². The second-order valence-electron chi connectivity index (χ2n) is 5.61. The molecule has 1 heterocycles. The number of ether oxygens (including phenoxy) is 1. The summed E-state index contributed by atoms with van der Waals surface area (Å²) in [5.74, 6) is 0.303. The average Bonchev–Trinajstić information content (AvgIpc) is 2.98. The number of fused-ring (bicyclic) bond motifs is 1. The van der Waals surface area contributed by atoms with E-state index < -0.39 is 5.97 Å². The van der Waals surface area contributed by atoms with Gasteiger partial charge in [-0.2, -0.15) is 5.26 Å². The van der Waals surface area contributed by atoms with Crippen molar-refractivity contribution in [2.24, 2.45) is 0 Å². The molecule has 1 N–H and O–H groups in total. The lowest BCUT2D eigenvalue weighted by atomic mass is 10.0. The number of hydrogen-bond acceptors (Lipinski definition) is 5. The van der Waals surface area contributed by atoms with Gasteiger partial charge in [-0.25, -0.2) is 4.79 Å². The normalized spacial score (nSPS) is 10.6. The summed E-state index contributed by atoms with van der Waals surface area (Å²) in [6.07, 6.45) is 1.16. The number of nitriles is 1. The van der Waals surface area contributed by atoms with Crippen LogP contribution in [0.15, 0.2) is 46.9 Å². The molecule has 0 saturated carbocycles. The molecule has 126 valence electrons. The number of furan rings is 1. The minimum Gasteiger partial charge on any atom is -0.508 e. The summed E-state index contributed by atoms with van der Waals surface area (Å²) in [5, 5.41) is 19.0. The topological polar surface area (TPSA) is 83.5 Å². The molecule has 0 fully saturated rings. The molecule has 0 saturated heterocycles. The van der Waals surface area contributed by atoms with Gasteiger partial charge in [0.1, 0.15) is 22.7 Å². The van der Waals surface area contributed by atoms with Crippen LogP contribution in [0.4, 0.5) is 0 Å². The molecule has 1 aromatic heterocycles. The highest BCUT2D eigenvalue weighted by Gasteiger charge is 2.22. The van der Waals surface area contributed by atoms with E-state index in [4.69, 9.17) is 14.4 Å². The smallest absolute Gasteiger partial charge is 0.342 e. The van der Waals surface area contributed by atoms with Crippen LogP contribution in [0.1, 0.15) is 34.2 Å². The number of phenols is 1. The molecule has 0 amide bonds. The Morgan fingerprint density at radius 3 is 2.64 bits per heavy atom. The zero-order valence-electron chi connectivity index (χ0n) is 13.8. The van der Waals surface area contributed by atoms with Gasteiger partial charge in [0.15, 0.2) is 0 Å². The predicted octanol–water partition coefficient (Wildman–Crippen LogP) is 3.97. The second kappa shape index (κ2) is 7.10. The number of hydrogen-bond donors (Lipinski definition) is 1. The van der Waals surface area contributed by atoms with E-state index in [0.717, 1.165) is 5.56 Å². The molecular weight excluding hydrogens is 318 g/mol. The summed E-state index contributed by atoms with van der Waals surface area (Å²) >= 11 is 0. The average molecular weight is 335 g/mol.